The van der Waals surface area contributed by atoms with Gasteiger partial charge in [0.2, 0.25) is 5.91 Å². The Kier molecular flexibility index (Phi) is 4.94. The summed E-state index contributed by atoms with van der Waals surface area (Å²) in [5.74, 6) is -0.321. The number of hydrogen-bond donors (Lipinski definition) is 1. The second-order valence-electron chi connectivity index (χ2n) is 4.08. The summed E-state index contributed by atoms with van der Waals surface area (Å²) >= 11 is 1.23. The van der Waals surface area contributed by atoms with Crippen LogP contribution < -0.4 is 5.32 Å². The molecule has 0 bridgehead atoms. The number of methoxy groups -OCH3 is 1. The van der Waals surface area contributed by atoms with Crippen LogP contribution in [0, 0.1) is 0 Å². The van der Waals surface area contributed by atoms with Gasteiger partial charge in [-0.15, -0.1) is 10.2 Å². The molecular weight excluding hydrogens is 292 g/mol. The largest absolute Gasteiger partial charge is 0.468 e. The summed E-state index contributed by atoms with van der Waals surface area (Å²) in [6, 6.07) is 7.26. The predicted molar refractivity (Wildman–Crippen MR) is 78.4 cm³/mol. The number of nitrogens with one attached hydrogen (secondary N) is 1. The van der Waals surface area contributed by atoms with Crippen molar-refractivity contribution >= 4 is 29.3 Å². The Bertz CT molecular complexity index is 656. The zero-order chi connectivity index (χ0) is 15.2. The summed E-state index contributed by atoms with van der Waals surface area (Å²) in [6.07, 6.45) is 1.55. The zero-order valence-electron chi connectivity index (χ0n) is 11.6. The molecular formula is C13H14N4O3S. The van der Waals surface area contributed by atoms with Crippen molar-refractivity contribution in [3.05, 3.63) is 30.6 Å². The van der Waals surface area contributed by atoms with Crippen molar-refractivity contribution in [1.29, 1.82) is 0 Å². The fraction of sp³-hybridized carbons (Fsp3) is 0.231. The van der Waals surface area contributed by atoms with Gasteiger partial charge < -0.3 is 10.1 Å². The van der Waals surface area contributed by atoms with E-state index in [1.807, 2.05) is 12.1 Å². The van der Waals surface area contributed by atoms with Crippen LogP contribution in [0.25, 0.3) is 5.69 Å². The lowest BCUT2D eigenvalue weighted by molar-refractivity contribution is -0.137. The smallest absolute Gasteiger partial charge is 0.316 e. The van der Waals surface area contributed by atoms with Crippen LogP contribution in [0.1, 0.15) is 6.92 Å². The first-order chi connectivity index (χ1) is 10.1. The Morgan fingerprint density at radius 1 is 1.43 bits per heavy atom. The van der Waals surface area contributed by atoms with Crippen LogP contribution >= 0.6 is 11.8 Å². The minimum absolute atomic E-state index is 0.142. The Morgan fingerprint density at radius 2 is 2.24 bits per heavy atom. The Hall–Kier alpha value is -2.35. The highest BCUT2D eigenvalue weighted by atomic mass is 32.2. The highest BCUT2D eigenvalue weighted by Gasteiger charge is 2.10. The van der Waals surface area contributed by atoms with E-state index in [0.717, 1.165) is 5.69 Å². The molecule has 0 aliphatic carbocycles. The van der Waals surface area contributed by atoms with Crippen LogP contribution in [0.3, 0.4) is 0 Å². The number of ether oxygens (including phenoxy) is 1. The van der Waals surface area contributed by atoms with Gasteiger partial charge in [-0.05, 0) is 18.2 Å². The topological polar surface area (TPSA) is 86.1 Å². The van der Waals surface area contributed by atoms with Crippen LogP contribution in [0.5, 0.6) is 0 Å². The molecule has 110 valence electrons. The van der Waals surface area contributed by atoms with Gasteiger partial charge in [0.1, 0.15) is 6.33 Å². The number of benzene rings is 1. The van der Waals surface area contributed by atoms with E-state index >= 15 is 0 Å². The molecule has 1 heterocycles. The van der Waals surface area contributed by atoms with Crippen molar-refractivity contribution in [2.24, 2.45) is 0 Å². The molecule has 0 aliphatic heterocycles. The molecule has 1 aromatic heterocycles. The molecule has 0 unspecified atom stereocenters. The van der Waals surface area contributed by atoms with Gasteiger partial charge in [-0.25, -0.2) is 0 Å². The number of nitrogens with zero attached hydrogens (tertiary/aromatic N) is 3. The zero-order valence-corrected chi connectivity index (χ0v) is 12.4. The lowest BCUT2D eigenvalue weighted by Gasteiger charge is -2.08. The first-order valence-electron chi connectivity index (χ1n) is 6.08. The number of thioether (sulfide) groups is 1. The van der Waals surface area contributed by atoms with Crippen LogP contribution in [-0.4, -0.2) is 39.5 Å². The van der Waals surface area contributed by atoms with Gasteiger partial charge in [0, 0.05) is 12.6 Å². The number of aromatic nitrogens is 3. The van der Waals surface area contributed by atoms with E-state index in [9.17, 15) is 9.59 Å². The van der Waals surface area contributed by atoms with E-state index in [4.69, 9.17) is 0 Å². The third-order valence-electron chi connectivity index (χ3n) is 2.51. The van der Waals surface area contributed by atoms with Crippen LogP contribution in [-0.2, 0) is 14.3 Å². The average Bonchev–Trinajstić information content (AvgIpc) is 2.92. The number of anilines is 1. The Labute approximate surface area is 125 Å². The van der Waals surface area contributed by atoms with E-state index in [1.54, 1.807) is 23.0 Å². The second kappa shape index (κ2) is 6.89. The Morgan fingerprint density at radius 3 is 2.95 bits per heavy atom. The summed E-state index contributed by atoms with van der Waals surface area (Å²) in [5.41, 5.74) is 1.47. The first-order valence-corrected chi connectivity index (χ1v) is 7.06. The molecule has 8 heteroatoms. The van der Waals surface area contributed by atoms with Gasteiger partial charge >= 0.3 is 5.97 Å². The fourth-order valence-electron chi connectivity index (χ4n) is 1.62. The molecule has 2 rings (SSSR count). The van der Waals surface area contributed by atoms with Crippen LogP contribution in [0.4, 0.5) is 5.69 Å². The van der Waals surface area contributed by atoms with Gasteiger partial charge in [-0.3, -0.25) is 14.2 Å². The van der Waals surface area contributed by atoms with E-state index in [0.29, 0.717) is 10.8 Å². The minimum atomic E-state index is -0.332. The quantitative estimate of drug-likeness (QED) is 0.665. The van der Waals surface area contributed by atoms with Gasteiger partial charge in [-0.1, -0.05) is 17.8 Å². The normalized spacial score (nSPS) is 10.2. The summed E-state index contributed by atoms with van der Waals surface area (Å²) in [5, 5.41) is 11.1. The number of hydrogen-bond acceptors (Lipinski definition) is 6. The number of carbonyl (C=O) groups is 2. The molecule has 2 aromatic rings. The van der Waals surface area contributed by atoms with Crippen molar-refractivity contribution in [3.63, 3.8) is 0 Å². The summed E-state index contributed by atoms with van der Waals surface area (Å²) in [6.45, 7) is 1.45. The highest BCUT2D eigenvalue weighted by molar-refractivity contribution is 7.99. The Balaban J connectivity index is 2.20. The summed E-state index contributed by atoms with van der Waals surface area (Å²) < 4.78 is 6.33. The second-order valence-corrected chi connectivity index (χ2v) is 5.02. The third kappa shape index (κ3) is 4.06. The lowest BCUT2D eigenvalue weighted by Crippen LogP contribution is -2.07. The van der Waals surface area contributed by atoms with E-state index in [2.05, 4.69) is 20.3 Å². The van der Waals surface area contributed by atoms with Gasteiger partial charge in [0.15, 0.2) is 5.16 Å². The number of amides is 1. The molecule has 1 amide bonds. The average molecular weight is 306 g/mol. The molecule has 0 aliphatic rings. The molecule has 0 saturated carbocycles. The number of esters is 1. The molecule has 1 aromatic carbocycles. The van der Waals surface area contributed by atoms with Crippen molar-refractivity contribution in [1.82, 2.24) is 14.8 Å². The van der Waals surface area contributed by atoms with Crippen molar-refractivity contribution < 1.29 is 14.3 Å². The van der Waals surface area contributed by atoms with Gasteiger partial charge in [0.25, 0.3) is 0 Å². The maximum Gasteiger partial charge on any atom is 0.316 e. The maximum atomic E-state index is 11.2. The highest BCUT2D eigenvalue weighted by Crippen LogP contribution is 2.21. The van der Waals surface area contributed by atoms with Crippen LogP contribution in [0.2, 0.25) is 0 Å². The van der Waals surface area contributed by atoms with Gasteiger partial charge in [-0.2, -0.15) is 0 Å². The van der Waals surface area contributed by atoms with Crippen molar-refractivity contribution in [2.45, 2.75) is 12.1 Å². The standard InChI is InChI=1S/C13H14N4O3S/c1-9(18)15-10-4-3-5-11(6-10)17-8-14-16-13(17)21-7-12(19)20-2/h3-6,8H,7H2,1-2H3,(H,15,18). The summed E-state index contributed by atoms with van der Waals surface area (Å²) in [7, 11) is 1.34. The fourth-order valence-corrected chi connectivity index (χ4v) is 2.38. The van der Waals surface area contributed by atoms with E-state index < -0.39 is 0 Å². The maximum absolute atomic E-state index is 11.2. The SMILES string of the molecule is COC(=O)CSc1nncn1-c1cccc(NC(C)=O)c1. The van der Waals surface area contributed by atoms with Crippen molar-refractivity contribution in [2.75, 3.05) is 18.2 Å². The molecule has 21 heavy (non-hydrogen) atoms. The van der Waals surface area contributed by atoms with E-state index in [-0.39, 0.29) is 17.6 Å². The third-order valence-corrected chi connectivity index (χ3v) is 3.42. The monoisotopic (exact) mass is 306 g/mol. The van der Waals surface area contributed by atoms with Crippen LogP contribution in [0.15, 0.2) is 35.7 Å². The molecule has 0 atom stereocenters. The lowest BCUT2D eigenvalue weighted by atomic mass is 10.2. The first kappa shape index (κ1) is 15.0. The molecule has 0 fully saturated rings. The molecule has 0 spiro atoms. The predicted octanol–water partition coefficient (Wildman–Crippen LogP) is 1.49. The number of rotatable bonds is 5. The van der Waals surface area contributed by atoms with Crippen molar-refractivity contribution in [3.8, 4) is 5.69 Å². The minimum Gasteiger partial charge on any atom is -0.468 e. The van der Waals surface area contributed by atoms with Gasteiger partial charge in [0.05, 0.1) is 18.6 Å². The molecule has 0 saturated heterocycles. The molecule has 0 radical (unpaired) electrons. The summed E-state index contributed by atoms with van der Waals surface area (Å²) in [4.78, 5) is 22.3. The van der Waals surface area contributed by atoms with E-state index in [1.165, 1.54) is 25.8 Å². The molecule has 1 N–H and O–H groups in total. The molecule has 7 nitrogen and oxygen atoms in total. The number of carbonyl (C=O) groups excluding carboxylic acids is 2.